The van der Waals surface area contributed by atoms with E-state index < -0.39 is 17.0 Å². The standard InChI is InChI=1S/C14H25NO4/c1-5-13(6-2,12(17)18)7-11(16)15-8-14(19,9-15)10(3)4/h10,19H,5-9H2,1-4H3,(H,17,18). The molecule has 0 unspecified atom stereocenters. The van der Waals surface area contributed by atoms with Crippen LogP contribution in [0.25, 0.3) is 0 Å². The Morgan fingerprint density at radius 3 is 2.05 bits per heavy atom. The molecule has 0 spiro atoms. The van der Waals surface area contributed by atoms with Crippen LogP contribution in [0.1, 0.15) is 47.0 Å². The average molecular weight is 271 g/mol. The highest BCUT2D eigenvalue weighted by atomic mass is 16.4. The van der Waals surface area contributed by atoms with E-state index in [0.29, 0.717) is 25.9 Å². The fourth-order valence-corrected chi connectivity index (χ4v) is 2.44. The van der Waals surface area contributed by atoms with Crippen molar-refractivity contribution in [2.75, 3.05) is 13.1 Å². The molecule has 0 atom stereocenters. The molecule has 0 radical (unpaired) electrons. The third-order valence-corrected chi connectivity index (χ3v) is 4.65. The quantitative estimate of drug-likeness (QED) is 0.767. The van der Waals surface area contributed by atoms with E-state index in [1.165, 1.54) is 0 Å². The molecule has 0 saturated carbocycles. The predicted molar refractivity (Wildman–Crippen MR) is 71.6 cm³/mol. The van der Waals surface area contributed by atoms with Crippen molar-refractivity contribution in [3.63, 3.8) is 0 Å². The first-order chi connectivity index (χ1) is 8.70. The van der Waals surface area contributed by atoms with E-state index in [4.69, 9.17) is 0 Å². The van der Waals surface area contributed by atoms with Crippen LogP contribution in [0.4, 0.5) is 0 Å². The normalized spacial score (nSPS) is 18.3. The van der Waals surface area contributed by atoms with Crippen molar-refractivity contribution in [2.24, 2.45) is 11.3 Å². The molecule has 1 heterocycles. The maximum atomic E-state index is 12.1. The number of likely N-dealkylation sites (tertiary alicyclic amines) is 1. The fourth-order valence-electron chi connectivity index (χ4n) is 2.44. The number of carboxylic acid groups (broad SMARTS) is 1. The molecular weight excluding hydrogens is 246 g/mol. The van der Waals surface area contributed by atoms with Crippen molar-refractivity contribution >= 4 is 11.9 Å². The van der Waals surface area contributed by atoms with Crippen molar-refractivity contribution in [1.29, 1.82) is 0 Å². The van der Waals surface area contributed by atoms with Crippen LogP contribution in [0.3, 0.4) is 0 Å². The lowest BCUT2D eigenvalue weighted by Crippen LogP contribution is -2.66. The summed E-state index contributed by atoms with van der Waals surface area (Å²) in [6.07, 6.45) is 0.892. The predicted octanol–water partition coefficient (Wildman–Crippen LogP) is 1.50. The monoisotopic (exact) mass is 271 g/mol. The number of carbonyl (C=O) groups is 2. The number of aliphatic carboxylic acids is 1. The number of β-amino-alcohol motifs (C(OH)–C–C–N with tert-alkyl or cyclic N) is 1. The molecule has 110 valence electrons. The molecule has 1 fully saturated rings. The first kappa shape index (κ1) is 16.0. The maximum absolute atomic E-state index is 12.1. The van der Waals surface area contributed by atoms with Crippen LogP contribution in [0, 0.1) is 11.3 Å². The maximum Gasteiger partial charge on any atom is 0.310 e. The summed E-state index contributed by atoms with van der Waals surface area (Å²) in [5.41, 5.74) is -1.78. The van der Waals surface area contributed by atoms with E-state index >= 15 is 0 Å². The van der Waals surface area contributed by atoms with E-state index in [2.05, 4.69) is 0 Å². The van der Waals surface area contributed by atoms with Gasteiger partial charge in [-0.2, -0.15) is 0 Å². The molecule has 5 nitrogen and oxygen atoms in total. The number of carbonyl (C=O) groups excluding carboxylic acids is 1. The molecule has 0 aliphatic carbocycles. The Morgan fingerprint density at radius 2 is 1.74 bits per heavy atom. The minimum absolute atomic E-state index is 0.0174. The summed E-state index contributed by atoms with van der Waals surface area (Å²) in [4.78, 5) is 25.0. The zero-order valence-electron chi connectivity index (χ0n) is 12.3. The van der Waals surface area contributed by atoms with Gasteiger partial charge in [-0.25, -0.2) is 0 Å². The smallest absolute Gasteiger partial charge is 0.310 e. The third-order valence-electron chi connectivity index (χ3n) is 4.65. The van der Waals surface area contributed by atoms with Crippen molar-refractivity contribution in [1.82, 2.24) is 4.90 Å². The molecule has 0 aromatic rings. The second kappa shape index (κ2) is 5.49. The van der Waals surface area contributed by atoms with Crippen molar-refractivity contribution in [3.8, 4) is 0 Å². The molecular formula is C14H25NO4. The summed E-state index contributed by atoms with van der Waals surface area (Å²) in [6, 6.07) is 0. The number of nitrogens with zero attached hydrogens (tertiary/aromatic N) is 1. The highest BCUT2D eigenvalue weighted by Crippen LogP contribution is 2.35. The molecule has 1 aliphatic rings. The second-order valence-corrected chi connectivity index (χ2v) is 5.98. The lowest BCUT2D eigenvalue weighted by molar-refractivity contribution is -0.170. The van der Waals surface area contributed by atoms with Gasteiger partial charge < -0.3 is 15.1 Å². The van der Waals surface area contributed by atoms with E-state index in [-0.39, 0.29) is 18.2 Å². The lowest BCUT2D eigenvalue weighted by atomic mass is 9.77. The van der Waals surface area contributed by atoms with Crippen LogP contribution in [0.2, 0.25) is 0 Å². The van der Waals surface area contributed by atoms with Gasteiger partial charge in [0.05, 0.1) is 18.5 Å². The Balaban J connectivity index is 2.64. The van der Waals surface area contributed by atoms with Crippen LogP contribution in [-0.4, -0.2) is 45.7 Å². The number of rotatable bonds is 6. The third kappa shape index (κ3) is 2.91. The van der Waals surface area contributed by atoms with E-state index in [1.54, 1.807) is 18.7 Å². The minimum atomic E-state index is -0.970. The molecule has 1 amide bonds. The summed E-state index contributed by atoms with van der Waals surface area (Å²) in [7, 11) is 0. The molecule has 5 heteroatoms. The van der Waals surface area contributed by atoms with Crippen LogP contribution in [0.5, 0.6) is 0 Å². The molecule has 2 N–H and O–H groups in total. The lowest BCUT2D eigenvalue weighted by Gasteiger charge is -2.49. The van der Waals surface area contributed by atoms with Crippen molar-refractivity contribution in [2.45, 2.75) is 52.6 Å². The molecule has 1 aliphatic heterocycles. The Morgan fingerprint density at radius 1 is 1.26 bits per heavy atom. The van der Waals surface area contributed by atoms with Gasteiger partial charge in [0.15, 0.2) is 0 Å². The number of aliphatic hydroxyl groups is 1. The molecule has 1 saturated heterocycles. The van der Waals surface area contributed by atoms with Crippen LogP contribution in [-0.2, 0) is 9.59 Å². The fraction of sp³-hybridized carbons (Fsp3) is 0.857. The summed E-state index contributed by atoms with van der Waals surface area (Å²) < 4.78 is 0. The van der Waals surface area contributed by atoms with Gasteiger partial charge in [-0.3, -0.25) is 9.59 Å². The van der Waals surface area contributed by atoms with Gasteiger partial charge in [0.2, 0.25) is 5.91 Å². The van der Waals surface area contributed by atoms with Crippen LogP contribution >= 0.6 is 0 Å². The Labute approximate surface area is 114 Å². The van der Waals surface area contributed by atoms with Crippen molar-refractivity contribution in [3.05, 3.63) is 0 Å². The van der Waals surface area contributed by atoms with Gasteiger partial charge in [-0.05, 0) is 18.8 Å². The summed E-state index contributed by atoms with van der Waals surface area (Å²) in [5.74, 6) is -0.986. The summed E-state index contributed by atoms with van der Waals surface area (Å²) in [6.45, 7) is 8.05. The number of hydrogen-bond acceptors (Lipinski definition) is 3. The van der Waals surface area contributed by atoms with Gasteiger partial charge in [0, 0.05) is 6.42 Å². The first-order valence-electron chi connectivity index (χ1n) is 6.94. The molecule has 0 aromatic carbocycles. The summed E-state index contributed by atoms with van der Waals surface area (Å²) in [5, 5.41) is 19.4. The summed E-state index contributed by atoms with van der Waals surface area (Å²) >= 11 is 0. The molecule has 0 bridgehead atoms. The Bertz CT molecular complexity index is 354. The topological polar surface area (TPSA) is 77.8 Å². The van der Waals surface area contributed by atoms with Gasteiger partial charge in [0.1, 0.15) is 5.60 Å². The largest absolute Gasteiger partial charge is 0.481 e. The molecule has 0 aromatic heterocycles. The highest BCUT2D eigenvalue weighted by molar-refractivity contribution is 5.85. The number of amides is 1. The van der Waals surface area contributed by atoms with Crippen LogP contribution in [0.15, 0.2) is 0 Å². The minimum Gasteiger partial charge on any atom is -0.481 e. The Kier molecular flexibility index (Phi) is 4.61. The van der Waals surface area contributed by atoms with Crippen LogP contribution < -0.4 is 0 Å². The van der Waals surface area contributed by atoms with E-state index in [9.17, 15) is 19.8 Å². The van der Waals surface area contributed by atoms with Gasteiger partial charge in [-0.15, -0.1) is 0 Å². The average Bonchev–Trinajstić information content (AvgIpc) is 2.31. The van der Waals surface area contributed by atoms with Gasteiger partial charge in [-0.1, -0.05) is 27.7 Å². The van der Waals surface area contributed by atoms with Crippen molar-refractivity contribution < 1.29 is 19.8 Å². The van der Waals surface area contributed by atoms with Gasteiger partial charge in [0.25, 0.3) is 0 Å². The number of carboxylic acids is 1. The SMILES string of the molecule is CCC(CC)(CC(=O)N1CC(O)(C(C)C)C1)C(=O)O. The first-order valence-corrected chi connectivity index (χ1v) is 6.94. The van der Waals surface area contributed by atoms with E-state index in [0.717, 1.165) is 0 Å². The van der Waals surface area contributed by atoms with E-state index in [1.807, 2.05) is 13.8 Å². The Hall–Kier alpha value is -1.10. The zero-order valence-corrected chi connectivity index (χ0v) is 12.3. The molecule has 19 heavy (non-hydrogen) atoms. The highest BCUT2D eigenvalue weighted by Gasteiger charge is 2.47. The molecule has 1 rings (SSSR count). The van der Waals surface area contributed by atoms with Gasteiger partial charge >= 0.3 is 5.97 Å². The number of hydrogen-bond donors (Lipinski definition) is 2. The second-order valence-electron chi connectivity index (χ2n) is 5.98. The zero-order chi connectivity index (χ0) is 14.8.